The maximum absolute atomic E-state index is 10.8. The summed E-state index contributed by atoms with van der Waals surface area (Å²) in [6.45, 7) is 0. The van der Waals surface area contributed by atoms with Crippen molar-refractivity contribution in [3.8, 4) is 0 Å². The molecule has 1 atom stereocenters. The normalized spacial score (nSPS) is 14.8. The quantitative estimate of drug-likeness (QED) is 0.440. The van der Waals surface area contributed by atoms with Crippen molar-refractivity contribution in [3.05, 3.63) is 62.1 Å². The molecule has 0 amide bonds. The zero-order chi connectivity index (χ0) is 17.8. The van der Waals surface area contributed by atoms with E-state index in [1.165, 1.54) is 17.0 Å². The first-order valence-corrected chi connectivity index (χ1v) is 9.88. The Morgan fingerprint density at radius 3 is 2.80 bits per heavy atom. The maximum Gasteiger partial charge on any atom is 0.269 e. The first kappa shape index (κ1) is 17.8. The molecule has 0 saturated heterocycles. The molecule has 0 fully saturated rings. The van der Waals surface area contributed by atoms with Crippen LogP contribution in [0.1, 0.15) is 28.7 Å². The van der Waals surface area contributed by atoms with Gasteiger partial charge in [0.1, 0.15) is 5.01 Å². The van der Waals surface area contributed by atoms with Gasteiger partial charge < -0.3 is 11.1 Å². The number of hydrogen-bond acceptors (Lipinski definition) is 6. The van der Waals surface area contributed by atoms with Gasteiger partial charge >= 0.3 is 0 Å². The molecule has 9 heteroatoms. The van der Waals surface area contributed by atoms with E-state index in [4.69, 9.17) is 22.9 Å². The molecule has 0 aliphatic carbocycles. The zero-order valence-corrected chi connectivity index (χ0v) is 15.6. The van der Waals surface area contributed by atoms with Crippen LogP contribution in [0.5, 0.6) is 0 Å². The van der Waals surface area contributed by atoms with Gasteiger partial charge in [-0.25, -0.2) is 4.98 Å². The van der Waals surface area contributed by atoms with Crippen LogP contribution < -0.4 is 11.1 Å². The van der Waals surface area contributed by atoms with Crippen LogP contribution in [-0.2, 0) is 6.42 Å². The molecule has 25 heavy (non-hydrogen) atoms. The largest absolute Gasteiger partial charge is 0.376 e. The smallest absolute Gasteiger partial charge is 0.269 e. The highest BCUT2D eigenvalue weighted by atomic mass is 32.2. The first-order chi connectivity index (χ1) is 12.0. The number of nitrogens with zero attached hydrogens (tertiary/aromatic N) is 2. The summed E-state index contributed by atoms with van der Waals surface area (Å²) < 4.78 is 0. The number of nitrogens with two attached hydrogens (primary N) is 1. The highest BCUT2D eigenvalue weighted by molar-refractivity contribution is 8.08. The van der Waals surface area contributed by atoms with Crippen LogP contribution in [0.4, 0.5) is 5.69 Å². The molecule has 1 aromatic heterocycles. The van der Waals surface area contributed by atoms with Gasteiger partial charge in [0.15, 0.2) is 5.11 Å². The van der Waals surface area contributed by atoms with Crippen molar-refractivity contribution in [2.24, 2.45) is 5.73 Å². The summed E-state index contributed by atoms with van der Waals surface area (Å²) in [6, 6.07) is 6.32. The number of thiocarbonyl (C=S) groups is 1. The third-order valence-electron chi connectivity index (χ3n) is 3.70. The minimum atomic E-state index is -0.409. The van der Waals surface area contributed by atoms with Crippen molar-refractivity contribution in [1.29, 1.82) is 0 Å². The molecule has 2 heterocycles. The topological polar surface area (TPSA) is 94.1 Å². The number of non-ortho nitro benzene ring substituents is 1. The average Bonchev–Trinajstić information content (AvgIpc) is 3.25. The van der Waals surface area contributed by atoms with E-state index in [9.17, 15) is 10.1 Å². The number of aromatic nitrogens is 1. The highest BCUT2D eigenvalue weighted by Gasteiger charge is 2.19. The average molecular weight is 393 g/mol. The monoisotopic (exact) mass is 392 g/mol. The van der Waals surface area contributed by atoms with Crippen molar-refractivity contribution in [1.82, 2.24) is 10.3 Å². The number of allylic oxidation sites excluding steroid dienone is 1. The molecule has 0 radical (unpaired) electrons. The Morgan fingerprint density at radius 1 is 1.44 bits per heavy atom. The van der Waals surface area contributed by atoms with Crippen LogP contribution in [-0.4, -0.2) is 20.8 Å². The molecule has 1 aromatic carbocycles. The fourth-order valence-corrected chi connectivity index (χ4v) is 4.65. The maximum atomic E-state index is 10.8. The summed E-state index contributed by atoms with van der Waals surface area (Å²) >= 11 is 8.42. The van der Waals surface area contributed by atoms with Crippen LogP contribution in [0.25, 0.3) is 4.91 Å². The molecular formula is C16H16N4O2S3. The number of rotatable bonds is 6. The lowest BCUT2D eigenvalue weighted by atomic mass is 10.0. The van der Waals surface area contributed by atoms with Crippen LogP contribution in [0.15, 0.2) is 35.7 Å². The third kappa shape index (κ3) is 4.56. The van der Waals surface area contributed by atoms with E-state index in [-0.39, 0.29) is 16.8 Å². The summed E-state index contributed by atoms with van der Waals surface area (Å²) in [5.41, 5.74) is 7.56. The predicted molar refractivity (Wildman–Crippen MR) is 107 cm³/mol. The molecule has 130 valence electrons. The highest BCUT2D eigenvalue weighted by Crippen LogP contribution is 2.36. The number of benzene rings is 1. The Bertz CT molecular complexity index is 817. The van der Waals surface area contributed by atoms with Gasteiger partial charge in [0, 0.05) is 28.2 Å². The summed E-state index contributed by atoms with van der Waals surface area (Å²) in [4.78, 5) is 16.3. The van der Waals surface area contributed by atoms with E-state index in [1.807, 2.05) is 17.1 Å². The molecule has 1 aliphatic rings. The molecule has 6 nitrogen and oxygen atoms in total. The number of nitro groups is 1. The van der Waals surface area contributed by atoms with E-state index in [0.717, 1.165) is 28.4 Å². The van der Waals surface area contributed by atoms with E-state index >= 15 is 0 Å². The lowest BCUT2D eigenvalue weighted by molar-refractivity contribution is -0.384. The molecular weight excluding hydrogens is 376 g/mol. The molecule has 0 bridgehead atoms. The molecule has 0 unspecified atom stereocenters. The van der Waals surface area contributed by atoms with Gasteiger partial charge in [-0.1, -0.05) is 18.2 Å². The lowest BCUT2D eigenvalue weighted by Gasteiger charge is -2.17. The van der Waals surface area contributed by atoms with Gasteiger partial charge in [-0.15, -0.1) is 23.1 Å². The predicted octanol–water partition coefficient (Wildman–Crippen LogP) is 3.65. The molecule has 1 aliphatic heterocycles. The number of nitrogens with one attached hydrogen (secondary N) is 1. The second kappa shape index (κ2) is 7.94. The van der Waals surface area contributed by atoms with Gasteiger partial charge in [-0.2, -0.15) is 0 Å². The van der Waals surface area contributed by atoms with Crippen molar-refractivity contribution in [2.45, 2.75) is 18.9 Å². The Kier molecular flexibility index (Phi) is 5.67. The van der Waals surface area contributed by atoms with Gasteiger partial charge in [0.2, 0.25) is 0 Å². The third-order valence-corrected chi connectivity index (χ3v) is 5.95. The van der Waals surface area contributed by atoms with Gasteiger partial charge in [-0.05, 0) is 30.6 Å². The molecule has 3 N–H and O–H groups in total. The second-order valence-electron chi connectivity index (χ2n) is 5.47. The van der Waals surface area contributed by atoms with Gasteiger partial charge in [0.05, 0.1) is 16.7 Å². The summed E-state index contributed by atoms with van der Waals surface area (Å²) in [7, 11) is 0. The molecule has 3 rings (SSSR count). The van der Waals surface area contributed by atoms with Crippen molar-refractivity contribution in [3.63, 3.8) is 0 Å². The Morgan fingerprint density at radius 2 is 2.20 bits per heavy atom. The molecule has 2 aromatic rings. The number of thioether (sulfide) groups is 1. The van der Waals surface area contributed by atoms with Crippen LogP contribution in [0.2, 0.25) is 0 Å². The van der Waals surface area contributed by atoms with Crippen LogP contribution >= 0.6 is 35.3 Å². The zero-order valence-electron chi connectivity index (χ0n) is 13.2. The van der Waals surface area contributed by atoms with Crippen molar-refractivity contribution < 1.29 is 4.92 Å². The van der Waals surface area contributed by atoms with Gasteiger partial charge in [0.25, 0.3) is 5.69 Å². The summed E-state index contributed by atoms with van der Waals surface area (Å²) in [5, 5.41) is 17.1. The minimum Gasteiger partial charge on any atom is -0.376 e. The number of nitro benzene ring substituents is 1. The number of thiazole rings is 1. The molecule has 0 saturated carbocycles. The first-order valence-electron chi connectivity index (χ1n) is 7.61. The van der Waals surface area contributed by atoms with E-state index in [1.54, 1.807) is 23.5 Å². The standard InChI is InChI=1S/C16H16N4O2S3/c17-16(23)19-12(8-10-3-5-11(6-4-10)20(21)22)13-9-25-15(18-13)14-2-1-7-24-14/h2-6,9,12H,1,7-8H2,(H3,17,19,23)/t12-/m0/s1. The minimum absolute atomic E-state index is 0.0729. The van der Waals surface area contributed by atoms with E-state index < -0.39 is 4.92 Å². The Labute approximate surface area is 158 Å². The SMILES string of the molecule is NC(=S)N[C@@H](Cc1ccc([N+](=O)[O-])cc1)c1csc(C2=CCCS2)n1. The van der Waals surface area contributed by atoms with Crippen LogP contribution in [0, 0.1) is 10.1 Å². The summed E-state index contributed by atoms with van der Waals surface area (Å²) in [5.74, 6) is 1.10. The second-order valence-corrected chi connectivity index (χ2v) is 7.91. The lowest BCUT2D eigenvalue weighted by Crippen LogP contribution is -2.34. The number of hydrogen-bond donors (Lipinski definition) is 2. The van der Waals surface area contributed by atoms with Crippen molar-refractivity contribution >= 4 is 51.0 Å². The fraction of sp³-hybridized carbons (Fsp3) is 0.250. The van der Waals surface area contributed by atoms with E-state index in [0.29, 0.717) is 6.42 Å². The fourth-order valence-electron chi connectivity index (χ4n) is 2.52. The Hall–Kier alpha value is -1.97. The van der Waals surface area contributed by atoms with Gasteiger partial charge in [-0.3, -0.25) is 10.1 Å². The molecule has 0 spiro atoms. The Balaban J connectivity index is 1.79. The summed E-state index contributed by atoms with van der Waals surface area (Å²) in [6.07, 6.45) is 3.87. The van der Waals surface area contributed by atoms with E-state index in [2.05, 4.69) is 11.4 Å². The van der Waals surface area contributed by atoms with Crippen LogP contribution in [0.3, 0.4) is 0 Å². The van der Waals surface area contributed by atoms with Crippen molar-refractivity contribution in [2.75, 3.05) is 5.75 Å².